The monoisotopic (exact) mass is 501 g/mol. The Balaban J connectivity index is 1.78. The summed E-state index contributed by atoms with van der Waals surface area (Å²) < 4.78 is 38.7. The lowest BCUT2D eigenvalue weighted by Crippen LogP contribution is -2.37. The smallest absolute Gasteiger partial charge is 0.270 e. The van der Waals surface area contributed by atoms with Crippen molar-refractivity contribution in [2.75, 3.05) is 18.0 Å². The minimum atomic E-state index is -4.11. The number of aryl methyl sites for hydroxylation is 3. The molecule has 6 nitrogen and oxygen atoms in total. The van der Waals surface area contributed by atoms with Crippen LogP contribution in [-0.4, -0.2) is 28.0 Å². The molecule has 0 saturated carbocycles. The zero-order valence-corrected chi connectivity index (χ0v) is 21.2. The summed E-state index contributed by atoms with van der Waals surface area (Å²) in [7, 11) is -2.59. The second-order valence-corrected chi connectivity index (χ2v) is 10.2. The van der Waals surface area contributed by atoms with E-state index in [1.165, 1.54) is 19.2 Å². The van der Waals surface area contributed by atoms with Gasteiger partial charge in [0.05, 0.1) is 24.3 Å². The van der Waals surface area contributed by atoms with Gasteiger partial charge in [-0.05, 0) is 86.8 Å². The van der Waals surface area contributed by atoms with Gasteiger partial charge in [0, 0.05) is 11.4 Å². The number of anilines is 1. The molecule has 1 amide bonds. The number of ether oxygens (including phenoxy) is 2. The second-order valence-electron chi connectivity index (χ2n) is 8.00. The molecule has 0 saturated heterocycles. The Kier molecular flexibility index (Phi) is 8.23. The maximum atomic E-state index is 13.4. The van der Waals surface area contributed by atoms with Gasteiger partial charge in [-0.15, -0.1) is 0 Å². The van der Waals surface area contributed by atoms with E-state index in [-0.39, 0.29) is 23.6 Å². The molecule has 8 heteroatoms. The van der Waals surface area contributed by atoms with Crippen LogP contribution in [0.3, 0.4) is 0 Å². The molecule has 0 heterocycles. The van der Waals surface area contributed by atoms with Crippen molar-refractivity contribution in [2.45, 2.75) is 38.5 Å². The van der Waals surface area contributed by atoms with Crippen LogP contribution in [0.15, 0.2) is 65.6 Å². The van der Waals surface area contributed by atoms with E-state index in [0.717, 1.165) is 21.0 Å². The van der Waals surface area contributed by atoms with Gasteiger partial charge in [0.15, 0.2) is 0 Å². The normalized spacial score (nSPS) is 11.2. The molecule has 0 aliphatic heterocycles. The third-order valence-corrected chi connectivity index (χ3v) is 7.67. The number of nitrogens with zero attached hydrogens (tertiary/aromatic N) is 1. The number of carbonyl (C=O) groups is 1. The van der Waals surface area contributed by atoms with Crippen molar-refractivity contribution in [3.05, 3.63) is 82.4 Å². The van der Waals surface area contributed by atoms with E-state index in [1.54, 1.807) is 36.4 Å². The molecular formula is C26H28ClNO5S. The Bertz CT molecular complexity index is 1230. The van der Waals surface area contributed by atoms with Gasteiger partial charge >= 0.3 is 0 Å². The summed E-state index contributed by atoms with van der Waals surface area (Å²) >= 11 is 6.20. The molecule has 0 aromatic heterocycles. The molecule has 0 N–H and O–H groups in total. The number of rotatable bonds is 9. The number of hydrogen-bond acceptors (Lipinski definition) is 5. The fourth-order valence-electron chi connectivity index (χ4n) is 3.45. The molecule has 3 aromatic carbocycles. The maximum Gasteiger partial charge on any atom is 0.270 e. The predicted molar refractivity (Wildman–Crippen MR) is 134 cm³/mol. The lowest BCUT2D eigenvalue weighted by Gasteiger charge is -2.23. The molecule has 0 atom stereocenters. The molecule has 0 fully saturated rings. The zero-order valence-electron chi connectivity index (χ0n) is 19.7. The summed E-state index contributed by atoms with van der Waals surface area (Å²) in [5.74, 6) is 0.676. The standard InChI is InChI=1S/C26H28ClNO5S/c1-18-7-13-24(14-8-18)34(30,31)28(21-9-11-22(32-4)12-10-21)25(29)6-5-15-33-23-16-19(2)26(27)20(3)17-23/h7-14,16-17H,5-6,15H2,1-4H3. The van der Waals surface area contributed by atoms with Gasteiger partial charge in [-0.1, -0.05) is 29.3 Å². The fourth-order valence-corrected chi connectivity index (χ4v) is 5.01. The summed E-state index contributed by atoms with van der Waals surface area (Å²) in [6.07, 6.45) is 0.332. The van der Waals surface area contributed by atoms with Gasteiger partial charge < -0.3 is 9.47 Å². The van der Waals surface area contributed by atoms with Gasteiger partial charge in [-0.25, -0.2) is 12.7 Å². The summed E-state index contributed by atoms with van der Waals surface area (Å²) in [4.78, 5) is 13.2. The summed E-state index contributed by atoms with van der Waals surface area (Å²) in [6.45, 7) is 5.92. The van der Waals surface area contributed by atoms with Crippen LogP contribution >= 0.6 is 11.6 Å². The number of benzene rings is 3. The quantitative estimate of drug-likeness (QED) is 0.343. The number of methoxy groups -OCH3 is 1. The largest absolute Gasteiger partial charge is 0.497 e. The molecule has 180 valence electrons. The lowest BCUT2D eigenvalue weighted by molar-refractivity contribution is -0.117. The van der Waals surface area contributed by atoms with Crippen LogP contribution < -0.4 is 13.8 Å². The van der Waals surface area contributed by atoms with Crippen LogP contribution in [0.2, 0.25) is 5.02 Å². The Morgan fingerprint density at radius 3 is 2.06 bits per heavy atom. The Hall–Kier alpha value is -3.03. The molecule has 0 unspecified atom stereocenters. The van der Waals surface area contributed by atoms with E-state index in [9.17, 15) is 13.2 Å². The van der Waals surface area contributed by atoms with Crippen molar-refractivity contribution >= 4 is 33.2 Å². The molecule has 0 aliphatic carbocycles. The van der Waals surface area contributed by atoms with E-state index in [1.807, 2.05) is 32.9 Å². The van der Waals surface area contributed by atoms with E-state index in [2.05, 4.69) is 0 Å². The van der Waals surface area contributed by atoms with Gasteiger partial charge in [-0.2, -0.15) is 0 Å². The van der Waals surface area contributed by atoms with Crippen molar-refractivity contribution in [2.24, 2.45) is 0 Å². The minimum absolute atomic E-state index is 0.0112. The predicted octanol–water partition coefficient (Wildman–Crippen LogP) is 5.85. The maximum absolute atomic E-state index is 13.4. The second kappa shape index (κ2) is 10.9. The average molecular weight is 502 g/mol. The molecule has 34 heavy (non-hydrogen) atoms. The summed E-state index contributed by atoms with van der Waals surface area (Å²) in [6, 6.07) is 16.4. The first-order chi connectivity index (χ1) is 16.1. The summed E-state index contributed by atoms with van der Waals surface area (Å²) in [5, 5.41) is 0.693. The van der Waals surface area contributed by atoms with E-state index in [0.29, 0.717) is 22.9 Å². The third kappa shape index (κ3) is 5.90. The fraction of sp³-hybridized carbons (Fsp3) is 0.269. The van der Waals surface area contributed by atoms with Crippen molar-refractivity contribution in [3.8, 4) is 11.5 Å². The topological polar surface area (TPSA) is 72.9 Å². The third-order valence-electron chi connectivity index (χ3n) is 5.31. The van der Waals surface area contributed by atoms with Crippen LogP contribution in [0.4, 0.5) is 5.69 Å². The summed E-state index contributed by atoms with van der Waals surface area (Å²) in [5.41, 5.74) is 2.98. The van der Waals surface area contributed by atoms with Crippen molar-refractivity contribution in [1.82, 2.24) is 0 Å². The van der Waals surface area contributed by atoms with Crippen LogP contribution in [-0.2, 0) is 14.8 Å². The number of halogens is 1. The zero-order chi connectivity index (χ0) is 24.9. The molecule has 0 bridgehead atoms. The molecule has 0 aliphatic rings. The molecule has 0 radical (unpaired) electrons. The van der Waals surface area contributed by atoms with E-state index < -0.39 is 15.9 Å². The van der Waals surface area contributed by atoms with Gasteiger partial charge in [0.2, 0.25) is 5.91 Å². The van der Waals surface area contributed by atoms with E-state index in [4.69, 9.17) is 21.1 Å². The van der Waals surface area contributed by atoms with Crippen molar-refractivity contribution < 1.29 is 22.7 Å². The van der Waals surface area contributed by atoms with Crippen LogP contribution in [0, 0.1) is 20.8 Å². The van der Waals surface area contributed by atoms with Gasteiger partial charge in [0.1, 0.15) is 11.5 Å². The lowest BCUT2D eigenvalue weighted by atomic mass is 10.1. The number of amides is 1. The van der Waals surface area contributed by atoms with Crippen molar-refractivity contribution in [1.29, 1.82) is 0 Å². The van der Waals surface area contributed by atoms with Gasteiger partial charge in [-0.3, -0.25) is 4.79 Å². The highest BCUT2D eigenvalue weighted by molar-refractivity contribution is 7.93. The average Bonchev–Trinajstić information content (AvgIpc) is 2.81. The molecular weight excluding hydrogens is 474 g/mol. The Morgan fingerprint density at radius 1 is 0.912 bits per heavy atom. The highest BCUT2D eigenvalue weighted by Crippen LogP contribution is 2.28. The molecule has 0 spiro atoms. The first-order valence-electron chi connectivity index (χ1n) is 10.8. The minimum Gasteiger partial charge on any atom is -0.497 e. The number of sulfonamides is 1. The van der Waals surface area contributed by atoms with Crippen molar-refractivity contribution in [3.63, 3.8) is 0 Å². The SMILES string of the molecule is COc1ccc(N(C(=O)CCCOc2cc(C)c(Cl)c(C)c2)S(=O)(=O)c2ccc(C)cc2)cc1. The first-order valence-corrected chi connectivity index (χ1v) is 12.6. The number of hydrogen-bond donors (Lipinski definition) is 0. The molecule has 3 rings (SSSR count). The van der Waals surface area contributed by atoms with Crippen LogP contribution in [0.1, 0.15) is 29.5 Å². The first kappa shape index (κ1) is 25.6. The molecule has 3 aromatic rings. The highest BCUT2D eigenvalue weighted by Gasteiger charge is 2.30. The Labute approximate surface area is 206 Å². The van der Waals surface area contributed by atoms with Crippen LogP contribution in [0.25, 0.3) is 0 Å². The van der Waals surface area contributed by atoms with E-state index >= 15 is 0 Å². The van der Waals surface area contributed by atoms with Gasteiger partial charge in [0.25, 0.3) is 10.0 Å². The Morgan fingerprint density at radius 2 is 1.50 bits per heavy atom. The number of carbonyl (C=O) groups excluding carboxylic acids is 1. The van der Waals surface area contributed by atoms with Crippen LogP contribution in [0.5, 0.6) is 11.5 Å². The highest BCUT2D eigenvalue weighted by atomic mass is 35.5.